The number of hydrogen-bond acceptors (Lipinski definition) is 12. The molecule has 0 spiro atoms. The van der Waals surface area contributed by atoms with Crippen molar-refractivity contribution in [2.24, 2.45) is 5.41 Å². The lowest BCUT2D eigenvalue weighted by Gasteiger charge is -2.41. The molecule has 0 radical (unpaired) electrons. The van der Waals surface area contributed by atoms with Crippen LogP contribution in [0.25, 0.3) is 11.1 Å². The summed E-state index contributed by atoms with van der Waals surface area (Å²) in [5, 5.41) is 27.9. The molecule has 3 aliphatic heterocycles. The third-order valence-electron chi connectivity index (χ3n) is 17.3. The largest absolute Gasteiger partial charge is 0.494 e. The molecule has 85 heavy (non-hydrogen) atoms. The van der Waals surface area contributed by atoms with Crippen LogP contribution in [-0.4, -0.2) is 111 Å². The summed E-state index contributed by atoms with van der Waals surface area (Å²) >= 11 is 0. The highest BCUT2D eigenvalue weighted by atomic mass is 19.1. The SMILES string of the molecule is C=C1/C=C(F)\C=C/CC(=O)N(C2CC2)Cc2nn(CCNC(=O)CCCCCCCCOc3ccc4c(c3)CN(C(=O)[C@@H](NC(=O)[C@H](C)NC)C(C)(C)C)[C@H](C(=O)N[C@@H]3CCCc5ccccc53)C4)c(C#N)c2-c2cnc(N)c(c2)N2CCC[C@H]12. The first-order chi connectivity index (χ1) is 40.9. The Labute approximate surface area is 499 Å². The van der Waals surface area contributed by atoms with Crippen molar-refractivity contribution in [1.82, 2.24) is 45.8 Å². The fourth-order valence-corrected chi connectivity index (χ4v) is 12.3. The number of fused-ring (bicyclic) bond motifs is 8. The topological polar surface area (TPSA) is 233 Å². The number of pyridine rings is 1. The van der Waals surface area contributed by atoms with Crippen molar-refractivity contribution in [3.05, 3.63) is 125 Å². The lowest BCUT2D eigenvalue weighted by molar-refractivity contribution is -0.147. The first-order valence-corrected chi connectivity index (χ1v) is 30.6. The van der Waals surface area contributed by atoms with Crippen molar-refractivity contribution >= 4 is 41.0 Å². The predicted molar refractivity (Wildman–Crippen MR) is 326 cm³/mol. The number of benzene rings is 2. The smallest absolute Gasteiger partial charge is 0.246 e. The zero-order valence-corrected chi connectivity index (χ0v) is 50.2. The zero-order valence-electron chi connectivity index (χ0n) is 50.2. The highest BCUT2D eigenvalue weighted by Crippen LogP contribution is 2.40. The summed E-state index contributed by atoms with van der Waals surface area (Å²) in [7, 11) is 1.70. The van der Waals surface area contributed by atoms with E-state index in [0.29, 0.717) is 65.6 Å². The van der Waals surface area contributed by atoms with Crippen LogP contribution >= 0.6 is 0 Å². The van der Waals surface area contributed by atoms with Gasteiger partial charge in [-0.1, -0.05) is 89.4 Å². The van der Waals surface area contributed by atoms with Gasteiger partial charge in [-0.3, -0.25) is 28.7 Å². The number of aromatic nitrogens is 3. The molecule has 6 N–H and O–H groups in total. The van der Waals surface area contributed by atoms with Crippen LogP contribution in [-0.2, 0) is 56.4 Å². The summed E-state index contributed by atoms with van der Waals surface area (Å²) in [6, 6.07) is 15.9. The van der Waals surface area contributed by atoms with Crippen LogP contribution in [0.4, 0.5) is 15.9 Å². The molecule has 2 bridgehead atoms. The molecule has 5 amide bonds. The van der Waals surface area contributed by atoms with Crippen LogP contribution < -0.4 is 36.6 Å². The molecule has 2 aliphatic carbocycles. The first-order valence-electron chi connectivity index (χ1n) is 30.6. The van der Waals surface area contributed by atoms with E-state index in [1.54, 1.807) is 34.6 Å². The number of nitrogen functional groups attached to an aromatic ring is 1. The number of anilines is 2. The maximum Gasteiger partial charge on any atom is 0.246 e. The Morgan fingerprint density at radius 1 is 0.953 bits per heavy atom. The van der Waals surface area contributed by atoms with E-state index in [9.17, 15) is 29.2 Å². The van der Waals surface area contributed by atoms with Crippen LogP contribution in [0.5, 0.6) is 5.75 Å². The van der Waals surface area contributed by atoms with Gasteiger partial charge in [-0.2, -0.15) is 10.4 Å². The Morgan fingerprint density at radius 2 is 1.73 bits per heavy atom. The highest BCUT2D eigenvalue weighted by Gasteiger charge is 2.43. The third-order valence-corrected chi connectivity index (χ3v) is 17.3. The fourth-order valence-electron chi connectivity index (χ4n) is 12.3. The molecule has 9 rings (SSSR count). The second-order valence-electron chi connectivity index (χ2n) is 24.6. The standard InChI is InChI=1S/C66H85FN12O6/c1-42-34-48(67)20-16-25-59(81)77(49-27-28-49)41-53-60(46-37-55(62(69)72-39-46)76-31-17-23-54(42)76)57(38-68)79(75-53)32-30-71-58(80)24-11-9-7-8-10-14-33-85-50-29-26-45-36-56(64(83)73-52-22-15-19-44-18-12-13-21-51(44)52)78(40-47(45)35-50)65(84)61(66(3,4)5)74-63(82)43(2)70-6/h12-13,16,18,20-21,26,29,34-35,37,39,43,49,52,54,56,61,70H,1,7-11,14-15,17,19,22-25,27-28,30-33,36,40-41H2,2-6H3,(H2,69,72)(H,71,80)(H,73,83)(H,74,82)/b20-16-,48-34+/t43-,52+,54+,56-,61+/m0/s1. The molecule has 2 aromatic carbocycles. The summed E-state index contributed by atoms with van der Waals surface area (Å²) in [6.45, 7) is 13.7. The van der Waals surface area contributed by atoms with E-state index in [0.717, 1.165) is 100 Å². The number of carbonyl (C=O) groups is 5. The average molecular weight is 1160 g/mol. The first kappa shape index (κ1) is 61.7. The normalized spacial score (nSPS) is 20.6. The third kappa shape index (κ3) is 15.2. The molecule has 2 fully saturated rings. The number of hydrogen-bond donors (Lipinski definition) is 5. The van der Waals surface area contributed by atoms with Gasteiger partial charge in [-0.15, -0.1) is 0 Å². The lowest BCUT2D eigenvalue weighted by Crippen LogP contribution is -2.62. The maximum absolute atomic E-state index is 15.1. The summed E-state index contributed by atoms with van der Waals surface area (Å²) in [6.07, 6.45) is 17.9. The molecule has 5 aliphatic rings. The number of nitriles is 1. The van der Waals surface area contributed by atoms with Crippen molar-refractivity contribution in [1.29, 1.82) is 5.26 Å². The Kier molecular flexibility index (Phi) is 20.3. The molecule has 5 heterocycles. The number of likely N-dealkylation sites (N-methyl/N-ethyl adjacent to an activating group) is 1. The predicted octanol–water partition coefficient (Wildman–Crippen LogP) is 8.74. The van der Waals surface area contributed by atoms with Gasteiger partial charge >= 0.3 is 0 Å². The Bertz CT molecular complexity index is 3230. The minimum Gasteiger partial charge on any atom is -0.494 e. The van der Waals surface area contributed by atoms with E-state index in [1.165, 1.54) is 23.8 Å². The number of nitrogens with one attached hydrogen (secondary N) is 4. The quantitative estimate of drug-likeness (QED) is 0.0523. The van der Waals surface area contributed by atoms with E-state index < -0.39 is 29.4 Å². The van der Waals surface area contributed by atoms with Crippen LogP contribution in [0.15, 0.2) is 90.9 Å². The molecule has 5 atom stereocenters. The molecule has 18 nitrogen and oxygen atoms in total. The van der Waals surface area contributed by atoms with Gasteiger partial charge in [-0.05, 0) is 135 Å². The Morgan fingerprint density at radius 3 is 2.49 bits per heavy atom. The number of nitrogens with zero attached hydrogens (tertiary/aromatic N) is 7. The summed E-state index contributed by atoms with van der Waals surface area (Å²) in [4.78, 5) is 79.4. The molecule has 4 aromatic rings. The van der Waals surface area contributed by atoms with Crippen LogP contribution in [0, 0.1) is 16.7 Å². The zero-order chi connectivity index (χ0) is 60.4. The minimum atomic E-state index is -0.882. The van der Waals surface area contributed by atoms with Gasteiger partial charge in [0.15, 0.2) is 0 Å². The average Bonchev–Trinajstić information content (AvgIpc) is 2.91. The molecule has 0 unspecified atom stereocenters. The number of carbonyl (C=O) groups excluding carboxylic acids is 5. The minimum absolute atomic E-state index is 0.00355. The monoisotopic (exact) mass is 1160 g/mol. The second-order valence-corrected chi connectivity index (χ2v) is 24.6. The summed E-state index contributed by atoms with van der Waals surface area (Å²) < 4.78 is 23.0. The van der Waals surface area contributed by atoms with E-state index >= 15 is 4.39 Å². The number of allylic oxidation sites excluding steroid dienone is 2. The molecular formula is C66H85FN12O6. The van der Waals surface area contributed by atoms with E-state index in [-0.39, 0.29) is 86.0 Å². The van der Waals surface area contributed by atoms with Crippen molar-refractivity contribution in [3.63, 3.8) is 0 Å². The number of nitrogens with two attached hydrogens (primary N) is 1. The van der Waals surface area contributed by atoms with Gasteiger partial charge in [0.1, 0.15) is 41.2 Å². The molecule has 452 valence electrons. The van der Waals surface area contributed by atoms with Gasteiger partial charge in [0.2, 0.25) is 29.5 Å². The summed E-state index contributed by atoms with van der Waals surface area (Å²) in [5.41, 5.74) is 13.3. The van der Waals surface area contributed by atoms with E-state index in [4.69, 9.17) is 15.6 Å². The molecule has 2 aromatic heterocycles. The van der Waals surface area contributed by atoms with Crippen LogP contribution in [0.2, 0.25) is 0 Å². The summed E-state index contributed by atoms with van der Waals surface area (Å²) in [5.74, 6) is -0.559. The Hall–Kier alpha value is -7.85. The maximum atomic E-state index is 15.1. The number of aryl methyl sites for hydroxylation is 1. The van der Waals surface area contributed by atoms with Crippen molar-refractivity contribution in [3.8, 4) is 22.9 Å². The Balaban J connectivity index is 0.760. The highest BCUT2D eigenvalue weighted by molar-refractivity contribution is 5.94. The number of unbranched alkanes of at least 4 members (excludes halogenated alkanes) is 5. The van der Waals surface area contributed by atoms with Crippen molar-refractivity contribution in [2.75, 3.05) is 37.4 Å². The number of ether oxygens (including phenoxy) is 1. The lowest BCUT2D eigenvalue weighted by atomic mass is 9.83. The molecular weight excluding hydrogens is 1080 g/mol. The van der Waals surface area contributed by atoms with Gasteiger partial charge in [0.05, 0.1) is 49.2 Å². The number of rotatable bonds is 20. The molecule has 1 saturated heterocycles. The van der Waals surface area contributed by atoms with Crippen LogP contribution in [0.1, 0.15) is 157 Å². The van der Waals surface area contributed by atoms with Crippen molar-refractivity contribution < 1.29 is 33.1 Å². The van der Waals surface area contributed by atoms with E-state index in [1.807, 2.05) is 57.2 Å². The van der Waals surface area contributed by atoms with Gasteiger partial charge < -0.3 is 46.4 Å². The molecule has 19 heteroatoms. The molecule has 1 saturated carbocycles. The number of amides is 5. The van der Waals surface area contributed by atoms with E-state index in [2.05, 4.69) is 55.9 Å². The van der Waals surface area contributed by atoms with Gasteiger partial charge in [0, 0.05) is 62.3 Å². The number of halogens is 1. The van der Waals surface area contributed by atoms with Gasteiger partial charge in [-0.25, -0.2) is 9.37 Å². The van der Waals surface area contributed by atoms with Gasteiger partial charge in [0.25, 0.3) is 0 Å². The van der Waals surface area contributed by atoms with Crippen molar-refractivity contribution in [2.45, 2.75) is 186 Å². The van der Waals surface area contributed by atoms with Crippen LogP contribution in [0.3, 0.4) is 0 Å². The second kappa shape index (κ2) is 27.9. The fraction of sp³-hybridized carbons (Fsp3) is 0.515.